The van der Waals surface area contributed by atoms with Crippen LogP contribution in [0, 0.1) is 23.1 Å². The van der Waals surface area contributed by atoms with Crippen LogP contribution in [0.5, 0.6) is 0 Å². The van der Waals surface area contributed by atoms with Crippen molar-refractivity contribution in [2.75, 3.05) is 19.6 Å². The van der Waals surface area contributed by atoms with Crippen LogP contribution in [0.1, 0.15) is 71.7 Å². The average Bonchev–Trinajstić information content (AvgIpc) is 2.69. The SMILES string of the molecule is CC(CC(=O)NC(C(=O)N1CCN(C(=O)c2ccc(F)cc2)C(C)C1)C(C)C)CC(C)(C)C. The molecule has 1 aromatic carbocycles. The number of nitrogens with one attached hydrogen (secondary N) is 1. The lowest BCUT2D eigenvalue weighted by Gasteiger charge is -2.41. The minimum Gasteiger partial charge on any atom is -0.344 e. The third-order valence-corrected chi connectivity index (χ3v) is 6.04. The Morgan fingerprint density at radius 1 is 1.09 bits per heavy atom. The van der Waals surface area contributed by atoms with Gasteiger partial charge in [0.1, 0.15) is 11.9 Å². The summed E-state index contributed by atoms with van der Waals surface area (Å²) in [6.07, 6.45) is 1.33. The number of benzene rings is 1. The molecule has 0 radical (unpaired) electrons. The number of carbonyl (C=O) groups is 3. The van der Waals surface area contributed by atoms with E-state index in [1.54, 1.807) is 9.80 Å². The van der Waals surface area contributed by atoms with E-state index in [9.17, 15) is 18.8 Å². The standard InChI is InChI=1S/C26H40FN3O3/c1-17(2)23(28-22(31)14-18(3)15-26(5,6)7)25(33)29-12-13-30(19(4)16-29)24(32)20-8-10-21(27)11-9-20/h8-11,17-19,23H,12-16H2,1-7H3,(H,28,31). The van der Waals surface area contributed by atoms with Crippen LogP contribution in [0.15, 0.2) is 24.3 Å². The van der Waals surface area contributed by atoms with Gasteiger partial charge in [0.05, 0.1) is 0 Å². The summed E-state index contributed by atoms with van der Waals surface area (Å²) in [5.41, 5.74) is 0.577. The maximum atomic E-state index is 13.3. The number of hydrogen-bond donors (Lipinski definition) is 1. The van der Waals surface area contributed by atoms with Gasteiger partial charge in [-0.2, -0.15) is 0 Å². The Morgan fingerprint density at radius 3 is 2.21 bits per heavy atom. The summed E-state index contributed by atoms with van der Waals surface area (Å²) in [7, 11) is 0. The van der Waals surface area contributed by atoms with E-state index in [1.807, 2.05) is 20.8 Å². The predicted molar refractivity (Wildman–Crippen MR) is 128 cm³/mol. The van der Waals surface area contributed by atoms with Crippen molar-refractivity contribution in [3.63, 3.8) is 0 Å². The highest BCUT2D eigenvalue weighted by atomic mass is 19.1. The van der Waals surface area contributed by atoms with Gasteiger partial charge in [-0.1, -0.05) is 41.5 Å². The van der Waals surface area contributed by atoms with Crippen LogP contribution in [0.4, 0.5) is 4.39 Å². The fourth-order valence-corrected chi connectivity index (χ4v) is 4.59. The van der Waals surface area contributed by atoms with Gasteiger partial charge in [-0.15, -0.1) is 0 Å². The largest absolute Gasteiger partial charge is 0.344 e. The first-order chi connectivity index (χ1) is 15.3. The number of piperazine rings is 1. The van der Waals surface area contributed by atoms with Gasteiger partial charge in [0, 0.05) is 37.7 Å². The van der Waals surface area contributed by atoms with Gasteiger partial charge in [0.25, 0.3) is 5.91 Å². The molecule has 33 heavy (non-hydrogen) atoms. The van der Waals surface area contributed by atoms with Crippen molar-refractivity contribution in [1.29, 1.82) is 0 Å². The molecule has 0 aliphatic carbocycles. The van der Waals surface area contributed by atoms with E-state index in [0.717, 1.165) is 6.42 Å². The molecule has 1 heterocycles. The maximum Gasteiger partial charge on any atom is 0.254 e. The lowest BCUT2D eigenvalue weighted by Crippen LogP contribution is -2.60. The van der Waals surface area contributed by atoms with Gasteiger partial charge in [-0.25, -0.2) is 4.39 Å². The summed E-state index contributed by atoms with van der Waals surface area (Å²) in [6, 6.07) is 4.73. The molecule has 1 aliphatic rings. The van der Waals surface area contributed by atoms with Gasteiger partial charge in [-0.05, 0) is 54.9 Å². The van der Waals surface area contributed by atoms with Crippen molar-refractivity contribution in [1.82, 2.24) is 15.1 Å². The van der Waals surface area contributed by atoms with Gasteiger partial charge >= 0.3 is 0 Å². The third-order valence-electron chi connectivity index (χ3n) is 6.04. The number of rotatable bonds is 7. The number of amides is 3. The number of carbonyl (C=O) groups excluding carboxylic acids is 3. The quantitative estimate of drug-likeness (QED) is 0.665. The number of halogens is 1. The molecule has 7 heteroatoms. The molecule has 1 fully saturated rings. The molecule has 1 aromatic rings. The van der Waals surface area contributed by atoms with Crippen LogP contribution in [0.2, 0.25) is 0 Å². The van der Waals surface area contributed by atoms with Crippen LogP contribution in [0.3, 0.4) is 0 Å². The molecule has 2 rings (SSSR count). The normalized spacial score (nSPS) is 18.8. The maximum absolute atomic E-state index is 13.3. The van der Waals surface area contributed by atoms with Crippen molar-refractivity contribution in [3.8, 4) is 0 Å². The fourth-order valence-electron chi connectivity index (χ4n) is 4.59. The van der Waals surface area contributed by atoms with Crippen LogP contribution < -0.4 is 5.32 Å². The fraction of sp³-hybridized carbons (Fsp3) is 0.654. The second kappa shape index (κ2) is 11.1. The Labute approximate surface area is 197 Å². The summed E-state index contributed by atoms with van der Waals surface area (Å²) in [6.45, 7) is 15.5. The second-order valence-corrected chi connectivity index (χ2v) is 11.0. The third kappa shape index (κ3) is 7.83. The van der Waals surface area contributed by atoms with E-state index in [2.05, 4.69) is 33.0 Å². The number of hydrogen-bond acceptors (Lipinski definition) is 3. The highest BCUT2D eigenvalue weighted by Gasteiger charge is 2.35. The van der Waals surface area contributed by atoms with Crippen LogP contribution >= 0.6 is 0 Å². The number of nitrogens with zero attached hydrogens (tertiary/aromatic N) is 2. The van der Waals surface area contributed by atoms with Crippen molar-refractivity contribution in [3.05, 3.63) is 35.6 Å². The van der Waals surface area contributed by atoms with Gasteiger partial charge in [-0.3, -0.25) is 14.4 Å². The van der Waals surface area contributed by atoms with Crippen LogP contribution in [0.25, 0.3) is 0 Å². The topological polar surface area (TPSA) is 69.7 Å². The van der Waals surface area contributed by atoms with Crippen LogP contribution in [-0.2, 0) is 9.59 Å². The minimum atomic E-state index is -0.592. The summed E-state index contributed by atoms with van der Waals surface area (Å²) in [4.78, 5) is 42.2. The molecule has 6 nitrogen and oxygen atoms in total. The summed E-state index contributed by atoms with van der Waals surface area (Å²) >= 11 is 0. The van der Waals surface area contributed by atoms with Crippen molar-refractivity contribution >= 4 is 17.7 Å². The van der Waals surface area contributed by atoms with E-state index in [4.69, 9.17) is 0 Å². The van der Waals surface area contributed by atoms with Gasteiger partial charge in [0.2, 0.25) is 11.8 Å². The van der Waals surface area contributed by atoms with Crippen molar-refractivity contribution in [2.45, 2.75) is 73.4 Å². The molecule has 3 atom stereocenters. The van der Waals surface area contributed by atoms with E-state index >= 15 is 0 Å². The van der Waals surface area contributed by atoms with Crippen molar-refractivity contribution < 1.29 is 18.8 Å². The monoisotopic (exact) mass is 461 g/mol. The first-order valence-corrected chi connectivity index (χ1v) is 11.9. The molecule has 3 unspecified atom stereocenters. The molecule has 184 valence electrons. The summed E-state index contributed by atoms with van der Waals surface area (Å²) < 4.78 is 13.2. The van der Waals surface area contributed by atoms with E-state index in [-0.39, 0.29) is 46.8 Å². The van der Waals surface area contributed by atoms with Crippen molar-refractivity contribution in [2.24, 2.45) is 17.3 Å². The Bertz CT molecular complexity index is 832. The minimum absolute atomic E-state index is 0.0476. The van der Waals surface area contributed by atoms with Gasteiger partial charge < -0.3 is 15.1 Å². The smallest absolute Gasteiger partial charge is 0.254 e. The lowest BCUT2D eigenvalue weighted by atomic mass is 9.84. The zero-order valence-corrected chi connectivity index (χ0v) is 21.2. The Hall–Kier alpha value is -2.44. The second-order valence-electron chi connectivity index (χ2n) is 11.0. The summed E-state index contributed by atoms with van der Waals surface area (Å²) in [5, 5.41) is 2.96. The molecule has 0 aromatic heterocycles. The van der Waals surface area contributed by atoms with Gasteiger partial charge in [0.15, 0.2) is 0 Å². The van der Waals surface area contributed by atoms with E-state index < -0.39 is 6.04 Å². The predicted octanol–water partition coefficient (Wildman–Crippen LogP) is 4.10. The first-order valence-electron chi connectivity index (χ1n) is 11.9. The molecule has 3 amide bonds. The summed E-state index contributed by atoms with van der Waals surface area (Å²) in [5.74, 6) is -0.581. The average molecular weight is 462 g/mol. The Kier molecular flexibility index (Phi) is 9.04. The molecule has 0 spiro atoms. The highest BCUT2D eigenvalue weighted by molar-refractivity contribution is 5.94. The van der Waals surface area contributed by atoms with E-state index in [0.29, 0.717) is 31.6 Å². The van der Waals surface area contributed by atoms with E-state index in [1.165, 1.54) is 24.3 Å². The lowest BCUT2D eigenvalue weighted by molar-refractivity contribution is -0.140. The molecule has 1 saturated heterocycles. The molecule has 1 N–H and O–H groups in total. The Morgan fingerprint density at radius 2 is 1.70 bits per heavy atom. The van der Waals surface area contributed by atoms with Crippen LogP contribution in [-0.4, -0.2) is 59.2 Å². The molecule has 1 aliphatic heterocycles. The molecule has 0 saturated carbocycles. The zero-order valence-electron chi connectivity index (χ0n) is 21.2. The highest BCUT2D eigenvalue weighted by Crippen LogP contribution is 2.26. The first kappa shape index (κ1) is 26.8. The zero-order chi connectivity index (χ0) is 24.9. The molecular weight excluding hydrogens is 421 g/mol. The molecular formula is C26H40FN3O3. The molecule has 0 bridgehead atoms. The Balaban J connectivity index is 1.98.